The minimum atomic E-state index is -0.00113. The molecule has 0 saturated carbocycles. The average molecular weight is 379 g/mol. The Morgan fingerprint density at radius 2 is 1.14 bits per heavy atom. The SMILES string of the molecule is O=C(c1ccc(C(=O)N2CCN(c3ccccc3)CC2)cc1)N1CCOCC1. The Labute approximate surface area is 165 Å². The van der Waals surface area contributed by atoms with Crippen molar-refractivity contribution in [3.63, 3.8) is 0 Å². The van der Waals surface area contributed by atoms with E-state index in [1.54, 1.807) is 29.2 Å². The van der Waals surface area contributed by atoms with Crippen LogP contribution in [0.2, 0.25) is 0 Å². The number of anilines is 1. The number of rotatable bonds is 3. The Morgan fingerprint density at radius 3 is 1.68 bits per heavy atom. The van der Waals surface area contributed by atoms with E-state index in [4.69, 9.17) is 4.74 Å². The smallest absolute Gasteiger partial charge is 0.254 e. The van der Waals surface area contributed by atoms with E-state index < -0.39 is 0 Å². The number of benzene rings is 2. The molecule has 146 valence electrons. The van der Waals surface area contributed by atoms with Crippen molar-refractivity contribution >= 4 is 17.5 Å². The summed E-state index contributed by atoms with van der Waals surface area (Å²) in [6, 6.07) is 17.3. The molecule has 2 fully saturated rings. The van der Waals surface area contributed by atoms with Gasteiger partial charge in [0.2, 0.25) is 0 Å². The van der Waals surface area contributed by atoms with Gasteiger partial charge in [-0.15, -0.1) is 0 Å². The molecular formula is C22H25N3O3. The second-order valence-electron chi connectivity index (χ2n) is 7.10. The van der Waals surface area contributed by atoms with Crippen molar-refractivity contribution in [2.45, 2.75) is 0 Å². The maximum absolute atomic E-state index is 12.8. The predicted molar refractivity (Wildman–Crippen MR) is 108 cm³/mol. The first-order valence-electron chi connectivity index (χ1n) is 9.79. The van der Waals surface area contributed by atoms with Crippen LogP contribution < -0.4 is 4.90 Å². The van der Waals surface area contributed by atoms with Gasteiger partial charge in [0.1, 0.15) is 0 Å². The molecule has 2 aromatic rings. The molecule has 0 atom stereocenters. The standard InChI is InChI=1S/C22H25N3O3/c26-21(24-12-10-23(11-13-24)20-4-2-1-3-5-20)18-6-8-19(9-7-18)22(27)25-14-16-28-17-15-25/h1-9H,10-17H2. The normalized spacial score (nSPS) is 17.5. The van der Waals surface area contributed by atoms with Crippen molar-refractivity contribution in [3.05, 3.63) is 65.7 Å². The first-order chi connectivity index (χ1) is 13.7. The van der Waals surface area contributed by atoms with Gasteiger partial charge in [-0.2, -0.15) is 0 Å². The van der Waals surface area contributed by atoms with E-state index in [-0.39, 0.29) is 11.8 Å². The average Bonchev–Trinajstić information content (AvgIpc) is 2.79. The van der Waals surface area contributed by atoms with E-state index in [9.17, 15) is 9.59 Å². The zero-order valence-electron chi connectivity index (χ0n) is 15.9. The fourth-order valence-corrected chi connectivity index (χ4v) is 3.69. The van der Waals surface area contributed by atoms with Crippen LogP contribution in [-0.2, 0) is 4.74 Å². The maximum Gasteiger partial charge on any atom is 0.254 e. The van der Waals surface area contributed by atoms with E-state index in [0.717, 1.165) is 13.1 Å². The van der Waals surface area contributed by atoms with Crippen LogP contribution in [-0.4, -0.2) is 74.1 Å². The van der Waals surface area contributed by atoms with Crippen LogP contribution in [0.1, 0.15) is 20.7 Å². The number of morpholine rings is 1. The molecule has 2 heterocycles. The van der Waals surface area contributed by atoms with Crippen LogP contribution in [0.25, 0.3) is 0 Å². The summed E-state index contributed by atoms with van der Waals surface area (Å²) in [6.07, 6.45) is 0. The molecule has 28 heavy (non-hydrogen) atoms. The van der Waals surface area contributed by atoms with Gasteiger partial charge in [-0.1, -0.05) is 18.2 Å². The lowest BCUT2D eigenvalue weighted by Gasteiger charge is -2.36. The molecule has 2 aliphatic heterocycles. The summed E-state index contributed by atoms with van der Waals surface area (Å²) in [5.74, 6) is 0.0249. The Kier molecular flexibility index (Phi) is 5.58. The van der Waals surface area contributed by atoms with Gasteiger partial charge in [-0.3, -0.25) is 9.59 Å². The Hall–Kier alpha value is -2.86. The summed E-state index contributed by atoms with van der Waals surface area (Å²) >= 11 is 0. The number of ether oxygens (including phenoxy) is 1. The molecule has 0 unspecified atom stereocenters. The lowest BCUT2D eigenvalue weighted by molar-refractivity contribution is 0.0303. The van der Waals surface area contributed by atoms with Crippen molar-refractivity contribution < 1.29 is 14.3 Å². The predicted octanol–water partition coefficient (Wildman–Crippen LogP) is 2.12. The van der Waals surface area contributed by atoms with Gasteiger partial charge < -0.3 is 19.4 Å². The third-order valence-corrected chi connectivity index (χ3v) is 5.37. The molecule has 0 spiro atoms. The van der Waals surface area contributed by atoms with Gasteiger partial charge in [-0.25, -0.2) is 0 Å². The number of nitrogens with zero attached hydrogens (tertiary/aromatic N) is 3. The van der Waals surface area contributed by atoms with Crippen LogP contribution >= 0.6 is 0 Å². The number of amides is 2. The second kappa shape index (κ2) is 8.44. The van der Waals surface area contributed by atoms with E-state index in [0.29, 0.717) is 50.5 Å². The summed E-state index contributed by atoms with van der Waals surface area (Å²) in [5, 5.41) is 0. The monoisotopic (exact) mass is 379 g/mol. The number of hydrogen-bond donors (Lipinski definition) is 0. The summed E-state index contributed by atoms with van der Waals surface area (Å²) in [5.41, 5.74) is 2.44. The highest BCUT2D eigenvalue weighted by Gasteiger charge is 2.23. The molecule has 0 N–H and O–H groups in total. The Bertz CT molecular complexity index is 809. The van der Waals surface area contributed by atoms with Gasteiger partial charge >= 0.3 is 0 Å². The molecule has 0 aromatic heterocycles. The van der Waals surface area contributed by atoms with E-state index in [1.165, 1.54) is 5.69 Å². The highest BCUT2D eigenvalue weighted by atomic mass is 16.5. The van der Waals surface area contributed by atoms with E-state index >= 15 is 0 Å². The van der Waals surface area contributed by atoms with E-state index in [1.807, 2.05) is 23.1 Å². The zero-order chi connectivity index (χ0) is 19.3. The van der Waals surface area contributed by atoms with Gasteiger partial charge in [0.25, 0.3) is 11.8 Å². The Morgan fingerprint density at radius 1 is 0.643 bits per heavy atom. The van der Waals surface area contributed by atoms with Crippen LogP contribution in [0.4, 0.5) is 5.69 Å². The highest BCUT2D eigenvalue weighted by Crippen LogP contribution is 2.17. The third-order valence-electron chi connectivity index (χ3n) is 5.37. The van der Waals surface area contributed by atoms with Crippen molar-refractivity contribution in [1.82, 2.24) is 9.80 Å². The molecule has 0 radical (unpaired) electrons. The molecule has 2 saturated heterocycles. The molecule has 4 rings (SSSR count). The number of carbonyl (C=O) groups excluding carboxylic acids is 2. The summed E-state index contributed by atoms with van der Waals surface area (Å²) in [4.78, 5) is 31.3. The van der Waals surface area contributed by atoms with Crippen molar-refractivity contribution in [2.24, 2.45) is 0 Å². The second-order valence-corrected chi connectivity index (χ2v) is 7.10. The van der Waals surface area contributed by atoms with Crippen LogP contribution in [0.5, 0.6) is 0 Å². The largest absolute Gasteiger partial charge is 0.378 e. The third kappa shape index (κ3) is 4.02. The first kappa shape index (κ1) is 18.5. The van der Waals surface area contributed by atoms with E-state index in [2.05, 4.69) is 17.0 Å². The summed E-state index contributed by atoms with van der Waals surface area (Å²) in [7, 11) is 0. The van der Waals surface area contributed by atoms with Crippen molar-refractivity contribution in [3.8, 4) is 0 Å². The summed E-state index contributed by atoms with van der Waals surface area (Å²) in [6.45, 7) is 5.43. The number of hydrogen-bond acceptors (Lipinski definition) is 4. The van der Waals surface area contributed by atoms with Crippen LogP contribution in [0.3, 0.4) is 0 Å². The van der Waals surface area contributed by atoms with Gasteiger partial charge in [0.15, 0.2) is 0 Å². The van der Waals surface area contributed by atoms with Gasteiger partial charge in [0, 0.05) is 56.1 Å². The maximum atomic E-state index is 12.8. The number of carbonyl (C=O) groups is 2. The molecule has 2 aliphatic rings. The lowest BCUT2D eigenvalue weighted by atomic mass is 10.1. The molecule has 2 aromatic carbocycles. The molecule has 0 bridgehead atoms. The minimum Gasteiger partial charge on any atom is -0.378 e. The molecule has 0 aliphatic carbocycles. The fraction of sp³-hybridized carbons (Fsp3) is 0.364. The molecular weight excluding hydrogens is 354 g/mol. The minimum absolute atomic E-state index is 0.00113. The first-order valence-corrected chi connectivity index (χ1v) is 9.79. The molecule has 6 heteroatoms. The number of para-hydroxylation sites is 1. The van der Waals surface area contributed by atoms with Gasteiger partial charge in [0.05, 0.1) is 13.2 Å². The van der Waals surface area contributed by atoms with Crippen LogP contribution in [0.15, 0.2) is 54.6 Å². The van der Waals surface area contributed by atoms with Crippen molar-refractivity contribution in [1.29, 1.82) is 0 Å². The zero-order valence-corrected chi connectivity index (χ0v) is 15.9. The highest BCUT2D eigenvalue weighted by molar-refractivity contribution is 5.98. The fourth-order valence-electron chi connectivity index (χ4n) is 3.69. The molecule has 2 amide bonds. The van der Waals surface area contributed by atoms with Gasteiger partial charge in [-0.05, 0) is 36.4 Å². The van der Waals surface area contributed by atoms with Crippen molar-refractivity contribution in [2.75, 3.05) is 57.4 Å². The summed E-state index contributed by atoms with van der Waals surface area (Å²) < 4.78 is 5.29. The van der Waals surface area contributed by atoms with Crippen LogP contribution in [0, 0.1) is 0 Å². The number of piperazine rings is 1. The molecule has 6 nitrogen and oxygen atoms in total. The Balaban J connectivity index is 1.35. The quantitative estimate of drug-likeness (QED) is 0.820. The topological polar surface area (TPSA) is 53.1 Å². The lowest BCUT2D eigenvalue weighted by Crippen LogP contribution is -2.48.